The third kappa shape index (κ3) is 1.49. The molecule has 0 aliphatic carbocycles. The molecule has 1 saturated heterocycles. The SMILES string of the molecule is CC(C)CC(=O)C1(C#N)COC1. The molecule has 0 saturated carbocycles. The van der Waals surface area contributed by atoms with Crippen molar-refractivity contribution in [3.8, 4) is 6.07 Å². The van der Waals surface area contributed by atoms with Crippen LogP contribution in [0.1, 0.15) is 20.3 Å². The van der Waals surface area contributed by atoms with Gasteiger partial charge in [-0.15, -0.1) is 0 Å². The van der Waals surface area contributed by atoms with Crippen molar-refractivity contribution in [1.82, 2.24) is 0 Å². The summed E-state index contributed by atoms with van der Waals surface area (Å²) in [5.74, 6) is 0.356. The molecule has 66 valence electrons. The number of hydrogen-bond acceptors (Lipinski definition) is 3. The van der Waals surface area contributed by atoms with E-state index in [4.69, 9.17) is 10.00 Å². The summed E-state index contributed by atoms with van der Waals surface area (Å²) >= 11 is 0. The second-order valence-electron chi connectivity index (χ2n) is 3.71. The summed E-state index contributed by atoms with van der Waals surface area (Å²) < 4.78 is 4.89. The number of ketones is 1. The van der Waals surface area contributed by atoms with Gasteiger partial charge in [0, 0.05) is 6.42 Å². The molecular formula is C9H13NO2. The van der Waals surface area contributed by atoms with E-state index in [-0.39, 0.29) is 19.0 Å². The number of Topliss-reactive ketones (excluding diaryl/α,β-unsaturated/α-hetero) is 1. The zero-order valence-electron chi connectivity index (χ0n) is 7.46. The highest BCUT2D eigenvalue weighted by Gasteiger charge is 2.45. The molecule has 0 N–H and O–H groups in total. The predicted octanol–water partition coefficient (Wildman–Crippen LogP) is 1.14. The van der Waals surface area contributed by atoms with Gasteiger partial charge in [0.1, 0.15) is 0 Å². The molecule has 0 aromatic heterocycles. The van der Waals surface area contributed by atoms with E-state index in [1.807, 2.05) is 19.9 Å². The van der Waals surface area contributed by atoms with Gasteiger partial charge in [0.2, 0.25) is 0 Å². The molecule has 0 spiro atoms. The van der Waals surface area contributed by atoms with Gasteiger partial charge in [-0.3, -0.25) is 4.79 Å². The minimum atomic E-state index is -0.801. The van der Waals surface area contributed by atoms with Crippen molar-refractivity contribution in [3.05, 3.63) is 0 Å². The van der Waals surface area contributed by atoms with Gasteiger partial charge in [-0.05, 0) is 5.92 Å². The van der Waals surface area contributed by atoms with Crippen molar-refractivity contribution in [2.45, 2.75) is 20.3 Å². The zero-order chi connectivity index (χ0) is 9.19. The number of nitriles is 1. The summed E-state index contributed by atoms with van der Waals surface area (Å²) in [6.45, 7) is 4.52. The number of nitrogens with zero attached hydrogens (tertiary/aromatic N) is 1. The molecule has 0 radical (unpaired) electrons. The quantitative estimate of drug-likeness (QED) is 0.633. The Morgan fingerprint density at radius 2 is 2.25 bits per heavy atom. The molecular weight excluding hydrogens is 154 g/mol. The lowest BCUT2D eigenvalue weighted by atomic mass is 9.80. The summed E-state index contributed by atoms with van der Waals surface area (Å²) in [5.41, 5.74) is -0.801. The van der Waals surface area contributed by atoms with E-state index in [1.165, 1.54) is 0 Å². The van der Waals surface area contributed by atoms with Crippen molar-refractivity contribution < 1.29 is 9.53 Å². The van der Waals surface area contributed by atoms with Crippen LogP contribution in [0, 0.1) is 22.7 Å². The highest BCUT2D eigenvalue weighted by molar-refractivity contribution is 5.88. The average Bonchev–Trinajstić information content (AvgIpc) is 1.83. The first kappa shape index (κ1) is 9.21. The van der Waals surface area contributed by atoms with Crippen molar-refractivity contribution in [3.63, 3.8) is 0 Å². The van der Waals surface area contributed by atoms with Crippen LogP contribution in [0.2, 0.25) is 0 Å². The molecule has 0 atom stereocenters. The molecule has 0 unspecified atom stereocenters. The lowest BCUT2D eigenvalue weighted by Crippen LogP contribution is -2.48. The number of rotatable bonds is 3. The lowest BCUT2D eigenvalue weighted by Gasteiger charge is -2.33. The molecule has 0 bridgehead atoms. The topological polar surface area (TPSA) is 50.1 Å². The summed E-state index contributed by atoms with van der Waals surface area (Å²) in [5, 5.41) is 8.77. The third-order valence-corrected chi connectivity index (χ3v) is 2.04. The van der Waals surface area contributed by atoms with Crippen LogP contribution < -0.4 is 0 Å². The fraction of sp³-hybridized carbons (Fsp3) is 0.778. The Kier molecular flexibility index (Phi) is 2.49. The first-order valence-corrected chi connectivity index (χ1v) is 4.13. The Morgan fingerprint density at radius 3 is 2.50 bits per heavy atom. The zero-order valence-corrected chi connectivity index (χ0v) is 7.46. The Bertz CT molecular complexity index is 223. The highest BCUT2D eigenvalue weighted by atomic mass is 16.5. The van der Waals surface area contributed by atoms with Gasteiger partial charge in [0.25, 0.3) is 0 Å². The molecule has 1 aliphatic rings. The van der Waals surface area contributed by atoms with Crippen LogP contribution in [0.4, 0.5) is 0 Å². The molecule has 1 fully saturated rings. The first-order chi connectivity index (χ1) is 5.60. The smallest absolute Gasteiger partial charge is 0.162 e. The Labute approximate surface area is 72.3 Å². The van der Waals surface area contributed by atoms with Crippen molar-refractivity contribution in [1.29, 1.82) is 5.26 Å². The van der Waals surface area contributed by atoms with Crippen molar-refractivity contribution in [2.75, 3.05) is 13.2 Å². The summed E-state index contributed by atoms with van der Waals surface area (Å²) in [6, 6.07) is 2.05. The maximum Gasteiger partial charge on any atom is 0.162 e. The minimum absolute atomic E-state index is 0.0336. The number of carbonyl (C=O) groups excluding carboxylic acids is 1. The van der Waals surface area contributed by atoms with Gasteiger partial charge < -0.3 is 4.74 Å². The largest absolute Gasteiger partial charge is 0.377 e. The maximum absolute atomic E-state index is 11.5. The fourth-order valence-electron chi connectivity index (χ4n) is 1.16. The molecule has 0 amide bonds. The molecule has 1 aliphatic heterocycles. The molecule has 12 heavy (non-hydrogen) atoms. The number of hydrogen-bond donors (Lipinski definition) is 0. The van der Waals surface area contributed by atoms with Crippen LogP contribution in [0.15, 0.2) is 0 Å². The molecule has 1 rings (SSSR count). The van der Waals surface area contributed by atoms with Crippen molar-refractivity contribution >= 4 is 5.78 Å². The van der Waals surface area contributed by atoms with Crippen LogP contribution >= 0.6 is 0 Å². The Morgan fingerprint density at radius 1 is 1.67 bits per heavy atom. The van der Waals surface area contributed by atoms with E-state index < -0.39 is 5.41 Å². The molecule has 0 aromatic rings. The van der Waals surface area contributed by atoms with E-state index in [9.17, 15) is 4.79 Å². The van der Waals surface area contributed by atoms with Gasteiger partial charge in [-0.1, -0.05) is 13.8 Å². The van der Waals surface area contributed by atoms with Gasteiger partial charge in [0.05, 0.1) is 19.3 Å². The van der Waals surface area contributed by atoms with Gasteiger partial charge >= 0.3 is 0 Å². The second-order valence-corrected chi connectivity index (χ2v) is 3.71. The van der Waals surface area contributed by atoms with Crippen LogP contribution in [0.3, 0.4) is 0 Å². The van der Waals surface area contributed by atoms with E-state index in [1.54, 1.807) is 0 Å². The molecule has 0 aromatic carbocycles. The van der Waals surface area contributed by atoms with Gasteiger partial charge in [-0.25, -0.2) is 0 Å². The molecule has 3 heteroatoms. The summed E-state index contributed by atoms with van der Waals surface area (Å²) in [6.07, 6.45) is 0.483. The Hall–Kier alpha value is -0.880. The minimum Gasteiger partial charge on any atom is -0.377 e. The van der Waals surface area contributed by atoms with E-state index >= 15 is 0 Å². The second kappa shape index (κ2) is 3.24. The molecule has 3 nitrogen and oxygen atoms in total. The maximum atomic E-state index is 11.5. The Balaban J connectivity index is 2.57. The monoisotopic (exact) mass is 167 g/mol. The number of carbonyl (C=O) groups is 1. The predicted molar refractivity (Wildman–Crippen MR) is 43.3 cm³/mol. The van der Waals surface area contributed by atoms with E-state index in [2.05, 4.69) is 0 Å². The van der Waals surface area contributed by atoms with Crippen LogP contribution in [0.25, 0.3) is 0 Å². The first-order valence-electron chi connectivity index (χ1n) is 4.13. The summed E-state index contributed by atoms with van der Waals surface area (Å²) in [7, 11) is 0. The fourth-order valence-corrected chi connectivity index (χ4v) is 1.16. The summed E-state index contributed by atoms with van der Waals surface area (Å²) in [4.78, 5) is 11.5. The van der Waals surface area contributed by atoms with Crippen LogP contribution in [-0.4, -0.2) is 19.0 Å². The van der Waals surface area contributed by atoms with Crippen LogP contribution in [0.5, 0.6) is 0 Å². The molecule has 1 heterocycles. The number of ether oxygens (including phenoxy) is 1. The lowest BCUT2D eigenvalue weighted by molar-refractivity contribution is -0.148. The highest BCUT2D eigenvalue weighted by Crippen LogP contribution is 2.29. The van der Waals surface area contributed by atoms with Crippen LogP contribution in [-0.2, 0) is 9.53 Å². The van der Waals surface area contributed by atoms with E-state index in [0.29, 0.717) is 12.3 Å². The van der Waals surface area contributed by atoms with E-state index in [0.717, 1.165) is 0 Å². The normalized spacial score (nSPS) is 19.8. The standard InChI is InChI=1S/C9H13NO2/c1-7(2)3-8(11)9(4-10)5-12-6-9/h7H,3,5-6H2,1-2H3. The van der Waals surface area contributed by atoms with Gasteiger partial charge in [0.15, 0.2) is 11.2 Å². The van der Waals surface area contributed by atoms with Crippen molar-refractivity contribution in [2.24, 2.45) is 11.3 Å². The van der Waals surface area contributed by atoms with Gasteiger partial charge in [-0.2, -0.15) is 5.26 Å². The third-order valence-electron chi connectivity index (χ3n) is 2.04. The average molecular weight is 167 g/mol.